The minimum Gasteiger partial charge on any atom is -0.455 e. The van der Waals surface area contributed by atoms with Crippen molar-refractivity contribution in [2.24, 2.45) is 0 Å². The summed E-state index contributed by atoms with van der Waals surface area (Å²) in [5, 5.41) is 7.12. The van der Waals surface area contributed by atoms with Crippen molar-refractivity contribution in [3.8, 4) is 33.4 Å². The highest BCUT2D eigenvalue weighted by molar-refractivity contribution is 6.14. The summed E-state index contributed by atoms with van der Waals surface area (Å²) in [7, 11) is 0. The summed E-state index contributed by atoms with van der Waals surface area (Å²) in [5.41, 5.74) is 14.8. The number of fused-ring (bicyclic) bond motifs is 8. The lowest BCUT2D eigenvalue weighted by molar-refractivity contribution is 0.660. The Balaban J connectivity index is 1.19. The highest BCUT2D eigenvalue weighted by Gasteiger charge is 2.38. The predicted molar refractivity (Wildman–Crippen MR) is 232 cm³/mol. The fourth-order valence-electron chi connectivity index (χ4n) is 9.21. The van der Waals surface area contributed by atoms with Gasteiger partial charge in [-0.1, -0.05) is 166 Å². The lowest BCUT2D eigenvalue weighted by atomic mass is 9.82. The molecule has 9 aromatic carbocycles. The van der Waals surface area contributed by atoms with Gasteiger partial charge in [-0.3, -0.25) is 0 Å². The average molecular weight is 704 g/mol. The molecule has 0 spiro atoms. The molecule has 260 valence electrons. The molecule has 1 aliphatic carbocycles. The highest BCUT2D eigenvalue weighted by atomic mass is 16.3. The zero-order valence-corrected chi connectivity index (χ0v) is 30.8. The molecular weight excluding hydrogens is 667 g/mol. The van der Waals surface area contributed by atoms with Crippen LogP contribution in [0.3, 0.4) is 0 Å². The number of rotatable bonds is 5. The van der Waals surface area contributed by atoms with Crippen molar-refractivity contribution < 1.29 is 4.42 Å². The standard InChI is InChI=1S/C53H37NO/c1-53(2)46-27-9-7-23-44(46)51-47(53)28-14-30-49(51)54(38-20-11-19-37(31-38)40-24-12-18-34-15-5-6-21-39(34)40)48-29-10-8-22-41(48)42-25-13-26-43-45-32-35-16-3-4-17-36(35)33-50(45)55-52(42)43/h3-33H,1-2H3. The minimum atomic E-state index is -0.138. The SMILES string of the molecule is CC1(C)c2ccccc2-c2c(N(c3cccc(-c4cccc5ccccc45)c3)c3ccccc3-c3cccc4c3oc3cc5ccccc5cc34)cccc21. The number of benzene rings is 9. The van der Waals surface area contributed by atoms with E-state index in [1.807, 2.05) is 0 Å². The summed E-state index contributed by atoms with van der Waals surface area (Å²) in [6.07, 6.45) is 0. The van der Waals surface area contributed by atoms with Crippen LogP contribution in [-0.4, -0.2) is 0 Å². The maximum atomic E-state index is 6.84. The lowest BCUT2D eigenvalue weighted by Gasteiger charge is -2.31. The van der Waals surface area contributed by atoms with Gasteiger partial charge in [0.1, 0.15) is 11.2 Å². The molecule has 0 atom stereocenters. The number of anilines is 3. The van der Waals surface area contributed by atoms with Crippen LogP contribution in [0.5, 0.6) is 0 Å². The first-order valence-electron chi connectivity index (χ1n) is 19.1. The van der Waals surface area contributed by atoms with Crippen LogP contribution in [0.15, 0.2) is 192 Å². The van der Waals surface area contributed by atoms with Crippen molar-refractivity contribution >= 4 is 60.5 Å². The summed E-state index contributed by atoms with van der Waals surface area (Å²) < 4.78 is 6.84. The van der Waals surface area contributed by atoms with Gasteiger partial charge in [0.15, 0.2) is 0 Å². The second-order valence-corrected chi connectivity index (χ2v) is 15.3. The third-order valence-corrected chi connectivity index (χ3v) is 11.8. The molecule has 1 heterocycles. The second kappa shape index (κ2) is 12.1. The Bertz CT molecular complexity index is 3140. The molecule has 0 unspecified atom stereocenters. The third kappa shape index (κ3) is 4.81. The summed E-state index contributed by atoms with van der Waals surface area (Å²) in [6, 6.07) is 68.4. The Labute approximate surface area is 320 Å². The van der Waals surface area contributed by atoms with E-state index in [4.69, 9.17) is 4.42 Å². The van der Waals surface area contributed by atoms with Gasteiger partial charge >= 0.3 is 0 Å². The number of hydrogen-bond acceptors (Lipinski definition) is 2. The molecule has 2 heteroatoms. The predicted octanol–water partition coefficient (Wildman–Crippen LogP) is 15.0. The van der Waals surface area contributed by atoms with E-state index in [9.17, 15) is 0 Å². The molecule has 10 aromatic rings. The van der Waals surface area contributed by atoms with Crippen molar-refractivity contribution in [1.29, 1.82) is 0 Å². The van der Waals surface area contributed by atoms with E-state index in [0.717, 1.165) is 50.1 Å². The molecule has 1 aliphatic rings. The largest absolute Gasteiger partial charge is 0.455 e. The number of furan rings is 1. The van der Waals surface area contributed by atoms with E-state index in [0.29, 0.717) is 0 Å². The van der Waals surface area contributed by atoms with Gasteiger partial charge in [0.05, 0.1) is 11.4 Å². The second-order valence-electron chi connectivity index (χ2n) is 15.3. The van der Waals surface area contributed by atoms with Crippen LogP contribution < -0.4 is 4.90 Å². The van der Waals surface area contributed by atoms with Crippen LogP contribution in [0.25, 0.3) is 76.9 Å². The van der Waals surface area contributed by atoms with Crippen molar-refractivity contribution in [3.05, 3.63) is 199 Å². The quantitative estimate of drug-likeness (QED) is 0.177. The van der Waals surface area contributed by atoms with Gasteiger partial charge in [-0.15, -0.1) is 0 Å². The molecule has 2 nitrogen and oxygen atoms in total. The molecule has 0 bridgehead atoms. The molecule has 0 fully saturated rings. The summed E-state index contributed by atoms with van der Waals surface area (Å²) in [6.45, 7) is 4.71. The van der Waals surface area contributed by atoms with Gasteiger partial charge in [0.2, 0.25) is 0 Å². The fourth-order valence-corrected chi connectivity index (χ4v) is 9.21. The molecule has 11 rings (SSSR count). The summed E-state index contributed by atoms with van der Waals surface area (Å²) in [4.78, 5) is 2.48. The van der Waals surface area contributed by atoms with E-state index < -0.39 is 0 Å². The maximum Gasteiger partial charge on any atom is 0.143 e. The Morgan fingerprint density at radius 1 is 0.418 bits per heavy atom. The Morgan fingerprint density at radius 2 is 1.02 bits per heavy atom. The topological polar surface area (TPSA) is 16.4 Å². The van der Waals surface area contributed by atoms with Gasteiger partial charge in [-0.25, -0.2) is 0 Å². The third-order valence-electron chi connectivity index (χ3n) is 11.8. The van der Waals surface area contributed by atoms with E-state index in [2.05, 4.69) is 207 Å². The first kappa shape index (κ1) is 31.6. The van der Waals surface area contributed by atoms with Crippen LogP contribution in [0, 0.1) is 0 Å². The molecule has 0 N–H and O–H groups in total. The number of para-hydroxylation sites is 2. The molecule has 0 amide bonds. The van der Waals surface area contributed by atoms with Gasteiger partial charge in [-0.05, 0) is 85.8 Å². The smallest absolute Gasteiger partial charge is 0.143 e. The zero-order valence-electron chi connectivity index (χ0n) is 30.8. The maximum absolute atomic E-state index is 6.84. The van der Waals surface area contributed by atoms with E-state index >= 15 is 0 Å². The van der Waals surface area contributed by atoms with Crippen molar-refractivity contribution in [1.82, 2.24) is 0 Å². The lowest BCUT2D eigenvalue weighted by Crippen LogP contribution is -2.16. The van der Waals surface area contributed by atoms with Gasteiger partial charge in [-0.2, -0.15) is 0 Å². The fraction of sp³-hybridized carbons (Fsp3) is 0.0566. The first-order valence-corrected chi connectivity index (χ1v) is 19.1. The molecule has 1 aromatic heterocycles. The Kier molecular flexibility index (Phi) is 6.93. The van der Waals surface area contributed by atoms with Crippen LogP contribution >= 0.6 is 0 Å². The average Bonchev–Trinajstić information content (AvgIpc) is 3.71. The van der Waals surface area contributed by atoms with E-state index in [-0.39, 0.29) is 5.41 Å². The van der Waals surface area contributed by atoms with Gasteiger partial charge < -0.3 is 9.32 Å². The van der Waals surface area contributed by atoms with Crippen LogP contribution in [0.1, 0.15) is 25.0 Å². The van der Waals surface area contributed by atoms with Crippen LogP contribution in [0.2, 0.25) is 0 Å². The zero-order chi connectivity index (χ0) is 36.7. The number of hydrogen-bond donors (Lipinski definition) is 0. The highest BCUT2D eigenvalue weighted by Crippen LogP contribution is 2.55. The van der Waals surface area contributed by atoms with Crippen LogP contribution in [-0.2, 0) is 5.41 Å². The molecule has 0 saturated carbocycles. The molecule has 0 saturated heterocycles. The summed E-state index contributed by atoms with van der Waals surface area (Å²) in [5.74, 6) is 0. The monoisotopic (exact) mass is 703 g/mol. The Morgan fingerprint density at radius 3 is 1.91 bits per heavy atom. The Hall–Kier alpha value is -6.90. The molecule has 0 aliphatic heterocycles. The molecule has 0 radical (unpaired) electrons. The normalized spacial score (nSPS) is 13.1. The first-order chi connectivity index (χ1) is 27.0. The summed E-state index contributed by atoms with van der Waals surface area (Å²) >= 11 is 0. The molecule has 55 heavy (non-hydrogen) atoms. The van der Waals surface area contributed by atoms with E-state index in [1.54, 1.807) is 0 Å². The van der Waals surface area contributed by atoms with E-state index in [1.165, 1.54) is 54.9 Å². The van der Waals surface area contributed by atoms with Crippen molar-refractivity contribution in [3.63, 3.8) is 0 Å². The van der Waals surface area contributed by atoms with Gasteiger partial charge in [0, 0.05) is 38.6 Å². The van der Waals surface area contributed by atoms with Crippen molar-refractivity contribution in [2.45, 2.75) is 19.3 Å². The van der Waals surface area contributed by atoms with Gasteiger partial charge in [0.25, 0.3) is 0 Å². The minimum absolute atomic E-state index is 0.138. The van der Waals surface area contributed by atoms with Crippen LogP contribution in [0.4, 0.5) is 17.1 Å². The molecular formula is C53H37NO. The number of nitrogens with zero attached hydrogens (tertiary/aromatic N) is 1. The van der Waals surface area contributed by atoms with Crippen molar-refractivity contribution in [2.75, 3.05) is 4.90 Å².